The van der Waals surface area contributed by atoms with Gasteiger partial charge in [-0.25, -0.2) is 0 Å². The van der Waals surface area contributed by atoms with Crippen molar-refractivity contribution in [1.29, 1.82) is 0 Å². The second-order valence-electron chi connectivity index (χ2n) is 5.64. The van der Waals surface area contributed by atoms with Crippen LogP contribution >= 0.6 is 0 Å². The lowest BCUT2D eigenvalue weighted by Crippen LogP contribution is -2.41. The highest BCUT2D eigenvalue weighted by atomic mass is 15.2. The van der Waals surface area contributed by atoms with Gasteiger partial charge < -0.3 is 4.90 Å². The van der Waals surface area contributed by atoms with Crippen LogP contribution in [0.1, 0.15) is 37.9 Å². The molecule has 1 aliphatic rings. The molecule has 0 radical (unpaired) electrons. The van der Waals surface area contributed by atoms with E-state index in [0.29, 0.717) is 5.92 Å². The van der Waals surface area contributed by atoms with E-state index >= 15 is 0 Å². The summed E-state index contributed by atoms with van der Waals surface area (Å²) in [5.41, 5.74) is 2.73. The summed E-state index contributed by atoms with van der Waals surface area (Å²) in [6.07, 6.45) is 2.05. The van der Waals surface area contributed by atoms with Crippen LogP contribution in [0.25, 0.3) is 0 Å². The smallest absolute Gasteiger partial charge is 0.0457 e. The zero-order chi connectivity index (χ0) is 11.1. The van der Waals surface area contributed by atoms with E-state index in [9.17, 15) is 0 Å². The lowest BCUT2D eigenvalue weighted by atomic mass is 9.89. The summed E-state index contributed by atoms with van der Waals surface area (Å²) in [6.45, 7) is 8.96. The molecule has 82 valence electrons. The first-order chi connectivity index (χ1) is 6.97. The lowest BCUT2D eigenvalue weighted by Gasteiger charge is -2.36. The molecular weight excluding hydrogens is 184 g/mol. The van der Waals surface area contributed by atoms with E-state index in [1.807, 2.05) is 0 Å². The fourth-order valence-electron chi connectivity index (χ4n) is 2.00. The quantitative estimate of drug-likeness (QED) is 0.698. The molecule has 0 atom stereocenters. The molecule has 0 N–H and O–H groups in total. The molecule has 0 saturated carbocycles. The van der Waals surface area contributed by atoms with Crippen LogP contribution in [-0.2, 0) is 5.41 Å². The molecule has 0 bridgehead atoms. The van der Waals surface area contributed by atoms with Gasteiger partial charge in [0.25, 0.3) is 0 Å². The highest BCUT2D eigenvalue weighted by molar-refractivity contribution is 5.24. The summed E-state index contributed by atoms with van der Waals surface area (Å²) in [6, 6.07) is 4.42. The molecule has 2 rings (SSSR count). The Hall–Kier alpha value is -0.890. The monoisotopic (exact) mass is 204 g/mol. The van der Waals surface area contributed by atoms with Gasteiger partial charge in [-0.3, -0.25) is 4.98 Å². The molecule has 1 aromatic rings. The molecular formula is C13H20N2. The summed E-state index contributed by atoms with van der Waals surface area (Å²) >= 11 is 0. The maximum Gasteiger partial charge on any atom is 0.0457 e. The number of likely N-dealkylation sites (N-methyl/N-ethyl adjacent to an activating group) is 1. The summed E-state index contributed by atoms with van der Waals surface area (Å²) in [7, 11) is 2.16. The largest absolute Gasteiger partial charge is 0.305 e. The molecule has 0 unspecified atom stereocenters. The van der Waals surface area contributed by atoms with Gasteiger partial charge in [0.1, 0.15) is 0 Å². The first kappa shape index (κ1) is 10.6. The Morgan fingerprint density at radius 3 is 2.33 bits per heavy atom. The van der Waals surface area contributed by atoms with E-state index < -0.39 is 0 Å². The number of hydrogen-bond donors (Lipinski definition) is 0. The predicted molar refractivity (Wildman–Crippen MR) is 63.2 cm³/mol. The molecule has 0 spiro atoms. The fraction of sp³-hybridized carbons (Fsp3) is 0.615. The van der Waals surface area contributed by atoms with Crippen LogP contribution in [0.4, 0.5) is 0 Å². The zero-order valence-corrected chi connectivity index (χ0v) is 10.1. The van der Waals surface area contributed by atoms with Crippen molar-refractivity contribution in [2.75, 3.05) is 20.1 Å². The van der Waals surface area contributed by atoms with E-state index in [1.165, 1.54) is 24.3 Å². The molecule has 1 aliphatic heterocycles. The highest BCUT2D eigenvalue weighted by Crippen LogP contribution is 2.26. The van der Waals surface area contributed by atoms with Crippen molar-refractivity contribution in [2.45, 2.75) is 32.1 Å². The molecule has 2 heteroatoms. The van der Waals surface area contributed by atoms with Gasteiger partial charge in [-0.2, -0.15) is 0 Å². The van der Waals surface area contributed by atoms with Crippen LogP contribution in [0, 0.1) is 0 Å². The van der Waals surface area contributed by atoms with Crippen molar-refractivity contribution in [3.05, 3.63) is 29.6 Å². The lowest BCUT2D eigenvalue weighted by molar-refractivity contribution is 0.189. The van der Waals surface area contributed by atoms with Gasteiger partial charge in [0.05, 0.1) is 0 Å². The van der Waals surface area contributed by atoms with Gasteiger partial charge in [0, 0.05) is 36.3 Å². The van der Waals surface area contributed by atoms with Gasteiger partial charge in [-0.1, -0.05) is 26.8 Å². The maximum absolute atomic E-state index is 4.56. The van der Waals surface area contributed by atoms with E-state index in [4.69, 9.17) is 0 Å². The van der Waals surface area contributed by atoms with E-state index in [-0.39, 0.29) is 5.41 Å². The Balaban J connectivity index is 2.11. The molecule has 1 aromatic heterocycles. The molecule has 15 heavy (non-hydrogen) atoms. The molecule has 0 aliphatic carbocycles. The fourth-order valence-corrected chi connectivity index (χ4v) is 2.00. The molecule has 0 amide bonds. The maximum atomic E-state index is 4.56. The number of pyridine rings is 1. The average Bonchev–Trinajstić information content (AvgIpc) is 2.12. The minimum Gasteiger partial charge on any atom is -0.305 e. The Bertz CT molecular complexity index is 329. The highest BCUT2D eigenvalue weighted by Gasteiger charge is 2.25. The number of aromatic nitrogens is 1. The third kappa shape index (κ3) is 2.20. The Morgan fingerprint density at radius 1 is 1.27 bits per heavy atom. The van der Waals surface area contributed by atoms with Crippen LogP contribution in [0.15, 0.2) is 18.3 Å². The van der Waals surface area contributed by atoms with Crippen molar-refractivity contribution >= 4 is 0 Å². The van der Waals surface area contributed by atoms with Crippen LogP contribution in [0.2, 0.25) is 0 Å². The van der Waals surface area contributed by atoms with Crippen molar-refractivity contribution in [3.63, 3.8) is 0 Å². The zero-order valence-electron chi connectivity index (χ0n) is 10.1. The third-order valence-electron chi connectivity index (χ3n) is 3.09. The second-order valence-corrected chi connectivity index (χ2v) is 5.64. The van der Waals surface area contributed by atoms with E-state index in [2.05, 4.69) is 56.0 Å². The Labute approximate surface area is 92.3 Å². The second kappa shape index (κ2) is 3.60. The average molecular weight is 204 g/mol. The number of hydrogen-bond acceptors (Lipinski definition) is 2. The van der Waals surface area contributed by atoms with Gasteiger partial charge in [0.2, 0.25) is 0 Å². The topological polar surface area (TPSA) is 16.1 Å². The number of likely N-dealkylation sites (tertiary alicyclic amines) is 1. The third-order valence-corrected chi connectivity index (χ3v) is 3.09. The van der Waals surface area contributed by atoms with Crippen molar-refractivity contribution in [3.8, 4) is 0 Å². The summed E-state index contributed by atoms with van der Waals surface area (Å²) in [4.78, 5) is 6.90. The molecule has 1 fully saturated rings. The first-order valence-corrected chi connectivity index (χ1v) is 5.62. The van der Waals surface area contributed by atoms with Crippen LogP contribution in [0.3, 0.4) is 0 Å². The SMILES string of the molecule is CN1CC(c2ccc(C(C)(C)C)nc2)C1. The van der Waals surface area contributed by atoms with E-state index in [0.717, 1.165) is 0 Å². The Morgan fingerprint density at radius 2 is 1.93 bits per heavy atom. The Kier molecular flexibility index (Phi) is 2.55. The standard InChI is InChI=1S/C13H20N2/c1-13(2,3)12-6-5-10(7-14-12)11-8-15(4)9-11/h5-7,11H,8-9H2,1-4H3. The molecule has 1 saturated heterocycles. The summed E-state index contributed by atoms with van der Waals surface area (Å²) < 4.78 is 0. The van der Waals surface area contributed by atoms with Crippen molar-refractivity contribution < 1.29 is 0 Å². The van der Waals surface area contributed by atoms with Gasteiger partial charge >= 0.3 is 0 Å². The van der Waals surface area contributed by atoms with Crippen LogP contribution < -0.4 is 0 Å². The van der Waals surface area contributed by atoms with Gasteiger partial charge in [-0.05, 0) is 18.7 Å². The van der Waals surface area contributed by atoms with Crippen molar-refractivity contribution in [1.82, 2.24) is 9.88 Å². The normalized spacial score (nSPS) is 18.9. The molecule has 2 nitrogen and oxygen atoms in total. The molecule has 2 heterocycles. The minimum absolute atomic E-state index is 0.162. The van der Waals surface area contributed by atoms with Gasteiger partial charge in [0.15, 0.2) is 0 Å². The van der Waals surface area contributed by atoms with Crippen LogP contribution in [-0.4, -0.2) is 30.0 Å². The number of nitrogens with zero attached hydrogens (tertiary/aromatic N) is 2. The minimum atomic E-state index is 0.162. The summed E-state index contributed by atoms with van der Waals surface area (Å²) in [5.74, 6) is 0.705. The van der Waals surface area contributed by atoms with Gasteiger partial charge in [-0.15, -0.1) is 0 Å². The predicted octanol–water partition coefficient (Wildman–Crippen LogP) is 2.41. The van der Waals surface area contributed by atoms with Crippen LogP contribution in [0.5, 0.6) is 0 Å². The van der Waals surface area contributed by atoms with E-state index in [1.54, 1.807) is 0 Å². The first-order valence-electron chi connectivity index (χ1n) is 5.62. The van der Waals surface area contributed by atoms with Crippen molar-refractivity contribution in [2.24, 2.45) is 0 Å². The number of rotatable bonds is 1. The molecule has 0 aromatic carbocycles. The summed E-state index contributed by atoms with van der Waals surface area (Å²) in [5, 5.41) is 0.